The molecule has 0 aliphatic rings. The van der Waals surface area contributed by atoms with E-state index in [2.05, 4.69) is 12.2 Å². The molecule has 0 radical (unpaired) electrons. The minimum absolute atomic E-state index is 0.511. The van der Waals surface area contributed by atoms with Crippen molar-refractivity contribution in [2.24, 2.45) is 0 Å². The summed E-state index contributed by atoms with van der Waals surface area (Å²) in [6, 6.07) is 13.0. The third-order valence-corrected chi connectivity index (χ3v) is 3.85. The van der Waals surface area contributed by atoms with E-state index in [-0.39, 0.29) is 0 Å². The normalized spacial score (nSPS) is 11.0. The predicted molar refractivity (Wildman–Crippen MR) is 91.7 cm³/mol. The summed E-state index contributed by atoms with van der Waals surface area (Å²) in [4.78, 5) is 0. The lowest BCUT2D eigenvalue weighted by Crippen LogP contribution is -1.96. The van der Waals surface area contributed by atoms with Crippen LogP contribution in [0.25, 0.3) is 6.08 Å². The lowest BCUT2D eigenvalue weighted by molar-refractivity contribution is 0.312. The molecule has 2 aromatic carbocycles. The van der Waals surface area contributed by atoms with E-state index in [0.717, 1.165) is 29.2 Å². The van der Waals surface area contributed by atoms with Crippen LogP contribution in [0.4, 0.5) is 0 Å². The summed E-state index contributed by atoms with van der Waals surface area (Å²) in [6.45, 7) is 0.642. The van der Waals surface area contributed by atoms with Gasteiger partial charge in [-0.3, -0.25) is 0 Å². The number of ether oxygens (including phenoxy) is 1. The van der Waals surface area contributed by atoms with Gasteiger partial charge in [0.15, 0.2) is 0 Å². The molecule has 4 heteroatoms. The van der Waals surface area contributed by atoms with Gasteiger partial charge >= 0.3 is 0 Å². The molecule has 0 atom stereocenters. The van der Waals surface area contributed by atoms with Crippen LogP contribution < -0.4 is 4.74 Å². The second-order valence-corrected chi connectivity index (χ2v) is 5.77. The minimum atomic E-state index is 0.511. The van der Waals surface area contributed by atoms with Gasteiger partial charge in [-0.1, -0.05) is 59.1 Å². The molecule has 0 aliphatic carbocycles. The van der Waals surface area contributed by atoms with Gasteiger partial charge in [-0.05, 0) is 42.7 Å². The first-order valence-electron chi connectivity index (χ1n) is 6.65. The maximum absolute atomic E-state index is 5.92. The highest BCUT2D eigenvalue weighted by atomic mass is 35.5. The quantitative estimate of drug-likeness (QED) is 0.543. The van der Waals surface area contributed by atoms with Gasteiger partial charge < -0.3 is 4.74 Å². The van der Waals surface area contributed by atoms with Gasteiger partial charge in [-0.2, -0.15) is 0 Å². The Labute approximate surface area is 140 Å². The third kappa shape index (κ3) is 5.62. The average Bonchev–Trinajstić information content (AvgIpc) is 2.48. The summed E-state index contributed by atoms with van der Waals surface area (Å²) in [6.07, 6.45) is 6.09. The molecular formula is C17H15Cl3O. The molecule has 110 valence electrons. The second kappa shape index (κ2) is 8.33. The zero-order chi connectivity index (χ0) is 15.1. The molecule has 21 heavy (non-hydrogen) atoms. The van der Waals surface area contributed by atoms with Crippen LogP contribution in [0.15, 0.2) is 48.5 Å². The Hall–Kier alpha value is -1.15. The van der Waals surface area contributed by atoms with Crippen LogP contribution in [0.2, 0.25) is 15.1 Å². The molecule has 0 fully saturated rings. The Balaban J connectivity index is 1.70. The van der Waals surface area contributed by atoms with Gasteiger partial charge in [-0.25, -0.2) is 0 Å². The molecule has 0 aromatic heterocycles. The van der Waals surface area contributed by atoms with Crippen molar-refractivity contribution in [2.75, 3.05) is 6.61 Å². The third-order valence-electron chi connectivity index (χ3n) is 2.86. The number of hydrogen-bond donors (Lipinski definition) is 0. The Bertz CT molecular complexity index is 606. The lowest BCUT2D eigenvalue weighted by Gasteiger charge is -2.06. The van der Waals surface area contributed by atoms with Crippen molar-refractivity contribution in [1.29, 1.82) is 0 Å². The summed E-state index contributed by atoms with van der Waals surface area (Å²) < 4.78 is 5.62. The van der Waals surface area contributed by atoms with Gasteiger partial charge in [0.2, 0.25) is 0 Å². The van der Waals surface area contributed by atoms with E-state index in [9.17, 15) is 0 Å². The highest BCUT2D eigenvalue weighted by molar-refractivity contribution is 6.42. The van der Waals surface area contributed by atoms with Crippen molar-refractivity contribution in [3.05, 3.63) is 69.2 Å². The van der Waals surface area contributed by atoms with Crippen molar-refractivity contribution in [3.8, 4) is 5.75 Å². The van der Waals surface area contributed by atoms with Crippen molar-refractivity contribution in [3.63, 3.8) is 0 Å². The second-order valence-electron chi connectivity index (χ2n) is 4.52. The van der Waals surface area contributed by atoms with E-state index in [1.165, 1.54) is 0 Å². The first-order chi connectivity index (χ1) is 10.1. The molecule has 2 aromatic rings. The molecule has 0 saturated heterocycles. The van der Waals surface area contributed by atoms with Crippen LogP contribution >= 0.6 is 34.8 Å². The van der Waals surface area contributed by atoms with E-state index in [4.69, 9.17) is 39.5 Å². The molecule has 2 rings (SSSR count). The summed E-state index contributed by atoms with van der Waals surface area (Å²) in [7, 11) is 0. The largest absolute Gasteiger partial charge is 0.494 e. The molecule has 0 saturated carbocycles. The van der Waals surface area contributed by atoms with Crippen LogP contribution in [0, 0.1) is 0 Å². The number of unbranched alkanes of at least 4 members (excludes halogenated alkanes) is 1. The van der Waals surface area contributed by atoms with E-state index in [1.807, 2.05) is 30.3 Å². The molecule has 0 N–H and O–H groups in total. The van der Waals surface area contributed by atoms with Crippen LogP contribution in [0.1, 0.15) is 18.4 Å². The number of hydrogen-bond acceptors (Lipinski definition) is 1. The fourth-order valence-corrected chi connectivity index (χ4v) is 2.17. The average molecular weight is 342 g/mol. The smallest absolute Gasteiger partial charge is 0.120 e. The lowest BCUT2D eigenvalue weighted by atomic mass is 10.2. The zero-order valence-corrected chi connectivity index (χ0v) is 13.6. The fraction of sp³-hybridized carbons (Fsp3) is 0.176. The first kappa shape index (κ1) is 16.2. The topological polar surface area (TPSA) is 9.23 Å². The molecule has 0 spiro atoms. The Morgan fingerprint density at radius 2 is 1.67 bits per heavy atom. The molecule has 0 heterocycles. The highest BCUT2D eigenvalue weighted by Gasteiger charge is 1.99. The summed E-state index contributed by atoms with van der Waals surface area (Å²) in [5.74, 6) is 0.742. The molecule has 0 bridgehead atoms. The Morgan fingerprint density at radius 1 is 0.905 bits per heavy atom. The van der Waals surface area contributed by atoms with Crippen molar-refractivity contribution < 1.29 is 4.74 Å². The Kier molecular flexibility index (Phi) is 6.44. The van der Waals surface area contributed by atoms with Crippen LogP contribution in [-0.2, 0) is 0 Å². The minimum Gasteiger partial charge on any atom is -0.494 e. The molecule has 0 amide bonds. The molecule has 0 aliphatic heterocycles. The van der Waals surface area contributed by atoms with Crippen molar-refractivity contribution in [1.82, 2.24) is 0 Å². The van der Waals surface area contributed by atoms with Gasteiger partial charge in [0, 0.05) is 11.1 Å². The zero-order valence-electron chi connectivity index (χ0n) is 11.4. The molecule has 0 unspecified atom stereocenters. The standard InChI is InChI=1S/C17H15Cl3O/c18-14-7-5-13(6-8-14)4-2-1-3-11-21-15-9-10-16(19)17(20)12-15/h2,4-10,12H,1,3,11H2/b4-2+. The van der Waals surface area contributed by atoms with Crippen molar-refractivity contribution >= 4 is 40.9 Å². The molecule has 1 nitrogen and oxygen atoms in total. The summed E-state index contributed by atoms with van der Waals surface area (Å²) in [5.41, 5.74) is 1.14. The van der Waals surface area contributed by atoms with Crippen molar-refractivity contribution in [2.45, 2.75) is 12.8 Å². The van der Waals surface area contributed by atoms with Crippen LogP contribution in [0.5, 0.6) is 5.75 Å². The van der Waals surface area contributed by atoms with Gasteiger partial charge in [0.05, 0.1) is 16.7 Å². The Morgan fingerprint density at radius 3 is 2.38 bits per heavy atom. The fourth-order valence-electron chi connectivity index (χ4n) is 1.75. The van der Waals surface area contributed by atoms with E-state index >= 15 is 0 Å². The number of allylic oxidation sites excluding steroid dienone is 1. The van der Waals surface area contributed by atoms with Gasteiger partial charge in [0.25, 0.3) is 0 Å². The van der Waals surface area contributed by atoms with Gasteiger partial charge in [0.1, 0.15) is 5.75 Å². The summed E-state index contributed by atoms with van der Waals surface area (Å²) >= 11 is 17.6. The van der Waals surface area contributed by atoms with E-state index in [1.54, 1.807) is 12.1 Å². The summed E-state index contributed by atoms with van der Waals surface area (Å²) in [5, 5.41) is 1.80. The van der Waals surface area contributed by atoms with E-state index in [0.29, 0.717) is 16.7 Å². The predicted octanol–water partition coefficient (Wildman–Crippen LogP) is 6.52. The van der Waals surface area contributed by atoms with Gasteiger partial charge in [-0.15, -0.1) is 0 Å². The highest BCUT2D eigenvalue weighted by Crippen LogP contribution is 2.26. The first-order valence-corrected chi connectivity index (χ1v) is 7.78. The number of rotatable bonds is 6. The monoisotopic (exact) mass is 340 g/mol. The molecular weight excluding hydrogens is 327 g/mol. The van der Waals surface area contributed by atoms with Crippen LogP contribution in [0.3, 0.4) is 0 Å². The van der Waals surface area contributed by atoms with Crippen LogP contribution in [-0.4, -0.2) is 6.61 Å². The maximum atomic E-state index is 5.92. The number of halogens is 3. The number of benzene rings is 2. The van der Waals surface area contributed by atoms with E-state index < -0.39 is 0 Å². The maximum Gasteiger partial charge on any atom is 0.120 e. The SMILES string of the molecule is Clc1ccc(/C=C/CCCOc2ccc(Cl)c(Cl)c2)cc1.